The van der Waals surface area contributed by atoms with E-state index in [4.69, 9.17) is 16.3 Å². The zero-order valence-corrected chi connectivity index (χ0v) is 15.9. The van der Waals surface area contributed by atoms with Gasteiger partial charge in [0.2, 0.25) is 10.0 Å². The third-order valence-corrected chi connectivity index (χ3v) is 7.19. The normalized spacial score (nSPS) is 19.9. The van der Waals surface area contributed by atoms with E-state index in [1.54, 1.807) is 11.9 Å². The molecule has 25 heavy (non-hydrogen) atoms. The van der Waals surface area contributed by atoms with Crippen LogP contribution in [-0.4, -0.2) is 62.9 Å². The maximum atomic E-state index is 12.8. The molecule has 0 unspecified atom stereocenters. The fourth-order valence-corrected chi connectivity index (χ4v) is 5.05. The van der Waals surface area contributed by atoms with Crippen LogP contribution in [0.15, 0.2) is 23.1 Å². The number of halogens is 1. The summed E-state index contributed by atoms with van der Waals surface area (Å²) in [6, 6.07) is 4.55. The first-order valence-electron chi connectivity index (χ1n) is 8.56. The number of ether oxygens (including phenoxy) is 1. The van der Waals surface area contributed by atoms with Crippen molar-refractivity contribution >= 4 is 27.5 Å². The Kier molecular flexibility index (Phi) is 5.68. The summed E-state index contributed by atoms with van der Waals surface area (Å²) in [5, 5.41) is 0.274. The van der Waals surface area contributed by atoms with Crippen molar-refractivity contribution in [2.75, 3.05) is 33.4 Å². The molecule has 6 nitrogen and oxygen atoms in total. The molecule has 0 radical (unpaired) electrons. The molecule has 1 heterocycles. The Balaban J connectivity index is 1.88. The number of sulfonamides is 1. The van der Waals surface area contributed by atoms with Crippen LogP contribution in [0.3, 0.4) is 0 Å². The number of hydrogen-bond acceptors (Lipinski definition) is 4. The lowest BCUT2D eigenvalue weighted by Gasteiger charge is -2.27. The van der Waals surface area contributed by atoms with Gasteiger partial charge in [0.15, 0.2) is 0 Å². The average Bonchev–Trinajstić information content (AvgIpc) is 3.16. The number of rotatable bonds is 4. The first-order valence-corrected chi connectivity index (χ1v) is 10.4. The standard InChI is InChI=1S/C17H23ClN2O4S/c1-19(13-4-2-3-5-13)17(21)15-12-14(6-7-16(15)18)25(22,23)20-8-10-24-11-9-20/h6-7,12-13H,2-5,8-11H2,1H3. The van der Waals surface area contributed by atoms with Gasteiger partial charge in [0, 0.05) is 26.2 Å². The molecule has 0 atom stereocenters. The largest absolute Gasteiger partial charge is 0.379 e. The smallest absolute Gasteiger partial charge is 0.255 e. The van der Waals surface area contributed by atoms with E-state index >= 15 is 0 Å². The minimum absolute atomic E-state index is 0.0990. The van der Waals surface area contributed by atoms with Crippen molar-refractivity contribution in [3.05, 3.63) is 28.8 Å². The molecule has 1 saturated heterocycles. The van der Waals surface area contributed by atoms with Crippen LogP contribution < -0.4 is 0 Å². The van der Waals surface area contributed by atoms with Gasteiger partial charge in [-0.3, -0.25) is 4.79 Å². The Morgan fingerprint density at radius 3 is 2.52 bits per heavy atom. The van der Waals surface area contributed by atoms with Crippen LogP contribution in [0.4, 0.5) is 0 Å². The van der Waals surface area contributed by atoms with E-state index in [-0.39, 0.29) is 27.4 Å². The van der Waals surface area contributed by atoms with Gasteiger partial charge in [0.1, 0.15) is 0 Å². The molecule has 2 fully saturated rings. The second kappa shape index (κ2) is 7.61. The van der Waals surface area contributed by atoms with Gasteiger partial charge in [-0.15, -0.1) is 0 Å². The molecule has 1 saturated carbocycles. The zero-order chi connectivity index (χ0) is 18.0. The summed E-state index contributed by atoms with van der Waals surface area (Å²) < 4.78 is 32.2. The molecule has 0 aromatic heterocycles. The van der Waals surface area contributed by atoms with E-state index in [9.17, 15) is 13.2 Å². The van der Waals surface area contributed by atoms with E-state index in [0.717, 1.165) is 25.7 Å². The van der Waals surface area contributed by atoms with Crippen molar-refractivity contribution in [1.29, 1.82) is 0 Å². The maximum absolute atomic E-state index is 12.8. The lowest BCUT2D eigenvalue weighted by Crippen LogP contribution is -2.40. The Labute approximate surface area is 153 Å². The summed E-state index contributed by atoms with van der Waals surface area (Å²) in [5.74, 6) is -0.226. The Hall–Kier alpha value is -1.15. The first-order chi connectivity index (χ1) is 11.9. The number of amides is 1. The van der Waals surface area contributed by atoms with Crippen LogP contribution in [0, 0.1) is 0 Å². The molecule has 1 aromatic rings. The highest BCUT2D eigenvalue weighted by atomic mass is 35.5. The van der Waals surface area contributed by atoms with Gasteiger partial charge in [-0.1, -0.05) is 24.4 Å². The number of hydrogen-bond donors (Lipinski definition) is 0. The molecule has 0 spiro atoms. The predicted octanol–water partition coefficient (Wildman–Crippen LogP) is 2.38. The summed E-state index contributed by atoms with van der Waals surface area (Å²) in [5.41, 5.74) is 0.241. The number of nitrogens with zero attached hydrogens (tertiary/aromatic N) is 2. The van der Waals surface area contributed by atoms with Crippen molar-refractivity contribution in [1.82, 2.24) is 9.21 Å². The van der Waals surface area contributed by atoms with E-state index < -0.39 is 10.0 Å². The summed E-state index contributed by atoms with van der Waals surface area (Å²) in [4.78, 5) is 14.6. The lowest BCUT2D eigenvalue weighted by atomic mass is 10.1. The van der Waals surface area contributed by atoms with Crippen LogP contribution in [0.25, 0.3) is 0 Å². The number of carbonyl (C=O) groups excluding carboxylic acids is 1. The maximum Gasteiger partial charge on any atom is 0.255 e. The van der Waals surface area contributed by atoms with Crippen LogP contribution in [-0.2, 0) is 14.8 Å². The summed E-state index contributed by atoms with van der Waals surface area (Å²) in [6.45, 7) is 1.39. The molecule has 3 rings (SSSR count). The summed E-state index contributed by atoms with van der Waals surface area (Å²) in [7, 11) is -1.89. The van der Waals surface area contributed by atoms with Crippen molar-refractivity contribution in [2.24, 2.45) is 0 Å². The highest BCUT2D eigenvalue weighted by Gasteiger charge is 2.29. The fourth-order valence-electron chi connectivity index (χ4n) is 3.41. The van der Waals surface area contributed by atoms with Crippen LogP contribution >= 0.6 is 11.6 Å². The average molecular weight is 387 g/mol. The highest BCUT2D eigenvalue weighted by molar-refractivity contribution is 7.89. The van der Waals surface area contributed by atoms with Crippen LogP contribution in [0.5, 0.6) is 0 Å². The predicted molar refractivity (Wildman–Crippen MR) is 95.4 cm³/mol. The third-order valence-electron chi connectivity index (χ3n) is 4.97. The lowest BCUT2D eigenvalue weighted by molar-refractivity contribution is 0.0727. The second-order valence-electron chi connectivity index (χ2n) is 6.51. The van der Waals surface area contributed by atoms with E-state index in [1.165, 1.54) is 22.5 Å². The van der Waals surface area contributed by atoms with Gasteiger partial charge in [-0.2, -0.15) is 4.31 Å². The molecular formula is C17H23ClN2O4S. The van der Waals surface area contributed by atoms with Crippen LogP contribution in [0.2, 0.25) is 5.02 Å². The topological polar surface area (TPSA) is 66.9 Å². The molecule has 1 amide bonds. The Morgan fingerprint density at radius 2 is 1.88 bits per heavy atom. The quantitative estimate of drug-likeness (QED) is 0.796. The fraction of sp³-hybridized carbons (Fsp3) is 0.588. The van der Waals surface area contributed by atoms with Gasteiger partial charge in [-0.05, 0) is 31.0 Å². The minimum atomic E-state index is -3.66. The van der Waals surface area contributed by atoms with E-state index in [2.05, 4.69) is 0 Å². The second-order valence-corrected chi connectivity index (χ2v) is 8.86. The molecule has 1 aliphatic heterocycles. The molecule has 0 N–H and O–H groups in total. The molecule has 2 aliphatic rings. The molecule has 0 bridgehead atoms. The monoisotopic (exact) mass is 386 g/mol. The molecule has 1 aromatic carbocycles. The van der Waals surface area contributed by atoms with Crippen molar-refractivity contribution in [2.45, 2.75) is 36.6 Å². The van der Waals surface area contributed by atoms with Gasteiger partial charge in [-0.25, -0.2) is 8.42 Å². The molecule has 1 aliphatic carbocycles. The van der Waals surface area contributed by atoms with Gasteiger partial charge >= 0.3 is 0 Å². The molecule has 138 valence electrons. The minimum Gasteiger partial charge on any atom is -0.379 e. The van der Waals surface area contributed by atoms with Gasteiger partial charge < -0.3 is 9.64 Å². The van der Waals surface area contributed by atoms with Gasteiger partial charge in [0.05, 0.1) is 28.7 Å². The summed E-state index contributed by atoms with van der Waals surface area (Å²) >= 11 is 6.20. The van der Waals surface area contributed by atoms with Crippen molar-refractivity contribution in [3.8, 4) is 0 Å². The van der Waals surface area contributed by atoms with Crippen molar-refractivity contribution < 1.29 is 17.9 Å². The molecular weight excluding hydrogens is 364 g/mol. The number of morpholine rings is 1. The SMILES string of the molecule is CN(C(=O)c1cc(S(=O)(=O)N2CCOCC2)ccc1Cl)C1CCCC1. The van der Waals surface area contributed by atoms with E-state index in [0.29, 0.717) is 26.3 Å². The third kappa shape index (κ3) is 3.84. The number of benzene rings is 1. The molecule has 8 heteroatoms. The Morgan fingerprint density at radius 1 is 1.24 bits per heavy atom. The van der Waals surface area contributed by atoms with E-state index in [1.807, 2.05) is 0 Å². The number of carbonyl (C=O) groups is 1. The highest BCUT2D eigenvalue weighted by Crippen LogP contribution is 2.28. The first kappa shape index (κ1) is 18.6. The van der Waals surface area contributed by atoms with Gasteiger partial charge in [0.25, 0.3) is 5.91 Å². The Bertz CT molecular complexity index is 741. The van der Waals surface area contributed by atoms with Crippen molar-refractivity contribution in [3.63, 3.8) is 0 Å². The zero-order valence-electron chi connectivity index (χ0n) is 14.3. The van der Waals surface area contributed by atoms with Crippen LogP contribution in [0.1, 0.15) is 36.0 Å². The summed E-state index contributed by atoms with van der Waals surface area (Å²) in [6.07, 6.45) is 4.18.